The summed E-state index contributed by atoms with van der Waals surface area (Å²) in [6.07, 6.45) is -0.476. The predicted octanol–water partition coefficient (Wildman–Crippen LogP) is 0.922. The Bertz CT molecular complexity index is 208. The van der Waals surface area contributed by atoms with Crippen LogP contribution in [0, 0.1) is 5.92 Å². The molecule has 0 aliphatic heterocycles. The van der Waals surface area contributed by atoms with Crippen LogP contribution in [0.2, 0.25) is 0 Å². The van der Waals surface area contributed by atoms with E-state index in [0.717, 1.165) is 0 Å². The maximum atomic E-state index is 12.9. The van der Waals surface area contributed by atoms with E-state index in [4.69, 9.17) is 5.73 Å². The molecule has 0 aromatic carbocycles. The molecule has 1 aliphatic rings. The molecule has 0 radical (unpaired) electrons. The molecule has 1 saturated carbocycles. The van der Waals surface area contributed by atoms with Crippen LogP contribution in [0.1, 0.15) is 19.3 Å². The van der Waals surface area contributed by atoms with Crippen LogP contribution in [0.5, 0.6) is 0 Å². The fourth-order valence-corrected chi connectivity index (χ4v) is 1.71. The Hall–Kier alpha value is -0.710. The third-order valence-corrected chi connectivity index (χ3v) is 2.23. The normalized spacial score (nSPS) is 32.6. The zero-order valence-electron chi connectivity index (χ0n) is 7.43. The van der Waals surface area contributed by atoms with Crippen LogP contribution in [0.25, 0.3) is 0 Å². The Morgan fingerprint density at radius 3 is 2.62 bits per heavy atom. The second-order valence-corrected chi connectivity index (χ2v) is 3.48. The highest BCUT2D eigenvalue weighted by Gasteiger charge is 2.43. The largest absolute Gasteiger partial charge is 0.469 e. The van der Waals surface area contributed by atoms with Gasteiger partial charge in [-0.15, -0.1) is 0 Å². The van der Waals surface area contributed by atoms with Crippen LogP contribution < -0.4 is 5.73 Å². The lowest BCUT2D eigenvalue weighted by Crippen LogP contribution is -2.42. The van der Waals surface area contributed by atoms with Gasteiger partial charge in [0, 0.05) is 18.9 Å². The Labute approximate surface area is 75.2 Å². The van der Waals surface area contributed by atoms with Crippen molar-refractivity contribution in [3.8, 4) is 0 Å². The second kappa shape index (κ2) is 3.57. The van der Waals surface area contributed by atoms with E-state index in [9.17, 15) is 13.6 Å². The standard InChI is InChI=1S/C8H13F2NO2/c1-13-7(12)5-2-6(11)4-8(9,10)3-5/h5-6H,2-4,11H2,1H3/t5-,6+/m0/s1. The number of esters is 1. The molecule has 5 heteroatoms. The fraction of sp³-hybridized carbons (Fsp3) is 0.875. The Kier molecular flexibility index (Phi) is 2.85. The number of carbonyl (C=O) groups excluding carboxylic acids is 1. The molecule has 0 aromatic rings. The highest BCUT2D eigenvalue weighted by molar-refractivity contribution is 5.72. The summed E-state index contributed by atoms with van der Waals surface area (Å²) in [5.41, 5.74) is 5.41. The summed E-state index contributed by atoms with van der Waals surface area (Å²) in [4.78, 5) is 11.0. The average Bonchev–Trinajstić information content (AvgIpc) is 1.99. The summed E-state index contributed by atoms with van der Waals surface area (Å²) in [5.74, 6) is -4.16. The fourth-order valence-electron chi connectivity index (χ4n) is 1.71. The van der Waals surface area contributed by atoms with Gasteiger partial charge in [-0.25, -0.2) is 8.78 Å². The smallest absolute Gasteiger partial charge is 0.308 e. The summed E-state index contributed by atoms with van der Waals surface area (Å²) >= 11 is 0. The summed E-state index contributed by atoms with van der Waals surface area (Å²) in [6.45, 7) is 0. The van der Waals surface area contributed by atoms with Gasteiger partial charge in [-0.05, 0) is 6.42 Å². The van der Waals surface area contributed by atoms with Crippen molar-refractivity contribution in [2.75, 3.05) is 7.11 Å². The number of hydrogen-bond donors (Lipinski definition) is 1. The molecule has 0 amide bonds. The van der Waals surface area contributed by atoms with E-state index in [1.807, 2.05) is 0 Å². The van der Waals surface area contributed by atoms with Gasteiger partial charge in [-0.2, -0.15) is 0 Å². The first kappa shape index (κ1) is 10.4. The molecule has 1 fully saturated rings. The average molecular weight is 193 g/mol. The van der Waals surface area contributed by atoms with E-state index in [2.05, 4.69) is 4.74 Å². The molecule has 0 bridgehead atoms. The second-order valence-electron chi connectivity index (χ2n) is 3.48. The molecular formula is C8H13F2NO2. The molecule has 0 heterocycles. The number of nitrogens with two attached hydrogens (primary N) is 1. The zero-order valence-corrected chi connectivity index (χ0v) is 7.43. The third-order valence-electron chi connectivity index (χ3n) is 2.23. The van der Waals surface area contributed by atoms with Gasteiger partial charge in [0.25, 0.3) is 5.92 Å². The molecule has 0 saturated heterocycles. The third kappa shape index (κ3) is 2.62. The first-order chi connectivity index (χ1) is 5.94. The van der Waals surface area contributed by atoms with E-state index < -0.39 is 30.3 Å². The summed E-state index contributed by atoms with van der Waals surface area (Å²) in [7, 11) is 1.20. The number of ether oxygens (including phenoxy) is 1. The van der Waals surface area contributed by atoms with E-state index >= 15 is 0 Å². The van der Waals surface area contributed by atoms with Crippen molar-refractivity contribution in [2.24, 2.45) is 11.7 Å². The summed E-state index contributed by atoms with van der Waals surface area (Å²) in [6, 6.07) is -0.604. The van der Waals surface area contributed by atoms with Gasteiger partial charge in [0.15, 0.2) is 0 Å². The lowest BCUT2D eigenvalue weighted by atomic mass is 9.83. The minimum Gasteiger partial charge on any atom is -0.469 e. The van der Waals surface area contributed by atoms with Crippen LogP contribution in [-0.4, -0.2) is 25.0 Å². The van der Waals surface area contributed by atoms with Crippen LogP contribution in [0.4, 0.5) is 8.78 Å². The van der Waals surface area contributed by atoms with Crippen LogP contribution in [0.3, 0.4) is 0 Å². The van der Waals surface area contributed by atoms with E-state index in [1.165, 1.54) is 7.11 Å². The Morgan fingerprint density at radius 2 is 2.15 bits per heavy atom. The van der Waals surface area contributed by atoms with Crippen molar-refractivity contribution in [3.05, 3.63) is 0 Å². The molecule has 0 aromatic heterocycles. The SMILES string of the molecule is COC(=O)[C@H]1C[C@@H](N)CC(F)(F)C1. The molecule has 2 atom stereocenters. The van der Waals surface area contributed by atoms with Crippen LogP contribution in [-0.2, 0) is 9.53 Å². The Morgan fingerprint density at radius 1 is 1.54 bits per heavy atom. The molecular weight excluding hydrogens is 180 g/mol. The molecule has 1 rings (SSSR count). The van der Waals surface area contributed by atoms with E-state index in [1.54, 1.807) is 0 Å². The monoisotopic (exact) mass is 193 g/mol. The van der Waals surface area contributed by atoms with Crippen LogP contribution >= 0.6 is 0 Å². The minimum atomic E-state index is -2.82. The van der Waals surface area contributed by atoms with Crippen molar-refractivity contribution in [2.45, 2.75) is 31.2 Å². The van der Waals surface area contributed by atoms with Gasteiger partial charge in [-0.1, -0.05) is 0 Å². The molecule has 0 unspecified atom stereocenters. The summed E-state index contributed by atoms with van der Waals surface area (Å²) in [5, 5.41) is 0. The van der Waals surface area contributed by atoms with Gasteiger partial charge < -0.3 is 10.5 Å². The van der Waals surface area contributed by atoms with Crippen molar-refractivity contribution in [3.63, 3.8) is 0 Å². The van der Waals surface area contributed by atoms with Gasteiger partial charge in [0.2, 0.25) is 0 Å². The lowest BCUT2D eigenvalue weighted by Gasteiger charge is -2.31. The molecule has 76 valence electrons. The number of hydrogen-bond acceptors (Lipinski definition) is 3. The van der Waals surface area contributed by atoms with Gasteiger partial charge in [0.05, 0.1) is 13.0 Å². The van der Waals surface area contributed by atoms with Gasteiger partial charge in [0.1, 0.15) is 0 Å². The highest BCUT2D eigenvalue weighted by atomic mass is 19.3. The maximum Gasteiger partial charge on any atom is 0.308 e. The number of halogens is 2. The van der Waals surface area contributed by atoms with E-state index in [-0.39, 0.29) is 6.42 Å². The maximum absolute atomic E-state index is 12.9. The molecule has 13 heavy (non-hydrogen) atoms. The Balaban J connectivity index is 2.62. The predicted molar refractivity (Wildman–Crippen MR) is 42.3 cm³/mol. The van der Waals surface area contributed by atoms with E-state index in [0.29, 0.717) is 6.42 Å². The van der Waals surface area contributed by atoms with Gasteiger partial charge in [-0.3, -0.25) is 4.79 Å². The lowest BCUT2D eigenvalue weighted by molar-refractivity contribution is -0.153. The number of methoxy groups -OCH3 is 1. The number of rotatable bonds is 1. The summed E-state index contributed by atoms with van der Waals surface area (Å²) < 4.78 is 30.2. The quantitative estimate of drug-likeness (QED) is 0.630. The molecule has 3 nitrogen and oxygen atoms in total. The van der Waals surface area contributed by atoms with Crippen molar-refractivity contribution in [1.82, 2.24) is 0 Å². The van der Waals surface area contributed by atoms with Gasteiger partial charge >= 0.3 is 5.97 Å². The molecule has 1 aliphatic carbocycles. The first-order valence-electron chi connectivity index (χ1n) is 4.16. The number of alkyl halides is 2. The zero-order chi connectivity index (χ0) is 10.1. The topological polar surface area (TPSA) is 52.3 Å². The van der Waals surface area contributed by atoms with Crippen molar-refractivity contribution >= 4 is 5.97 Å². The first-order valence-corrected chi connectivity index (χ1v) is 4.16. The van der Waals surface area contributed by atoms with Crippen LogP contribution in [0.15, 0.2) is 0 Å². The highest BCUT2D eigenvalue weighted by Crippen LogP contribution is 2.36. The number of carbonyl (C=O) groups is 1. The molecule has 0 spiro atoms. The minimum absolute atomic E-state index is 0.294. The molecule has 2 N–H and O–H groups in total. The van der Waals surface area contributed by atoms with Crippen molar-refractivity contribution in [1.29, 1.82) is 0 Å². The van der Waals surface area contributed by atoms with Crippen molar-refractivity contribution < 1.29 is 18.3 Å².